The molecular formula is C24H50O4Si2. The quantitative estimate of drug-likeness (QED) is 0.140. The lowest BCUT2D eigenvalue weighted by molar-refractivity contribution is 0.134. The second-order valence-electron chi connectivity index (χ2n) is 7.91. The Morgan fingerprint density at radius 1 is 0.567 bits per heavy atom. The zero-order valence-corrected chi connectivity index (χ0v) is 23.0. The van der Waals surface area contributed by atoms with Gasteiger partial charge < -0.3 is 17.7 Å². The van der Waals surface area contributed by atoms with Gasteiger partial charge in [0.25, 0.3) is 0 Å². The van der Waals surface area contributed by atoms with E-state index < -0.39 is 17.1 Å². The van der Waals surface area contributed by atoms with Gasteiger partial charge in [-0.2, -0.15) is 0 Å². The van der Waals surface area contributed by atoms with Crippen LogP contribution in [0.3, 0.4) is 0 Å². The predicted molar refractivity (Wildman–Crippen MR) is 134 cm³/mol. The van der Waals surface area contributed by atoms with Crippen LogP contribution >= 0.6 is 0 Å². The number of allylic oxidation sites excluding steroid dienone is 4. The van der Waals surface area contributed by atoms with E-state index in [1.165, 1.54) is 0 Å². The van der Waals surface area contributed by atoms with Gasteiger partial charge in [0, 0.05) is 43.7 Å². The molecule has 0 amide bonds. The van der Waals surface area contributed by atoms with Crippen LogP contribution in [0.25, 0.3) is 0 Å². The summed E-state index contributed by atoms with van der Waals surface area (Å²) in [6, 6.07) is 1.73. The van der Waals surface area contributed by atoms with Crippen molar-refractivity contribution in [2.75, 3.05) is 26.4 Å². The van der Waals surface area contributed by atoms with E-state index in [1.807, 2.05) is 0 Å². The second kappa shape index (κ2) is 18.3. The Hall–Kier alpha value is -0.246. The summed E-state index contributed by atoms with van der Waals surface area (Å²) in [6.07, 6.45) is 14.8. The van der Waals surface area contributed by atoms with Crippen molar-refractivity contribution in [2.24, 2.45) is 0 Å². The standard InChI is InChI=1S/C24H50O4Si2/c1-8-15-22-29(25-18-11-4,26-19-12-5)24(17-10-3)30(23-16-9-2,27-20-13-6)28-21-14-7/h8-9,15-16,24H,10-14,17-23H2,1-7H3. The van der Waals surface area contributed by atoms with E-state index >= 15 is 0 Å². The molecule has 0 rings (SSSR count). The van der Waals surface area contributed by atoms with E-state index in [2.05, 4.69) is 72.8 Å². The molecule has 0 spiro atoms. The molecule has 0 aromatic heterocycles. The molecule has 0 aliphatic rings. The average Bonchev–Trinajstić information content (AvgIpc) is 2.77. The Kier molecular flexibility index (Phi) is 18.2. The minimum atomic E-state index is -2.60. The summed E-state index contributed by atoms with van der Waals surface area (Å²) < 4.78 is 27.0. The highest BCUT2D eigenvalue weighted by molar-refractivity contribution is 6.88. The van der Waals surface area contributed by atoms with Gasteiger partial charge in [-0.15, -0.1) is 0 Å². The van der Waals surface area contributed by atoms with Crippen molar-refractivity contribution in [3.63, 3.8) is 0 Å². The van der Waals surface area contributed by atoms with Gasteiger partial charge in [-0.1, -0.05) is 65.3 Å². The zero-order chi connectivity index (χ0) is 22.7. The third-order valence-electron chi connectivity index (χ3n) is 5.12. The van der Waals surface area contributed by atoms with Gasteiger partial charge in [0.05, 0.1) is 0 Å². The van der Waals surface area contributed by atoms with Crippen molar-refractivity contribution in [2.45, 2.75) is 104 Å². The second-order valence-corrected chi connectivity index (χ2v) is 15.1. The van der Waals surface area contributed by atoms with Crippen molar-refractivity contribution in [3.8, 4) is 0 Å². The molecule has 178 valence electrons. The van der Waals surface area contributed by atoms with Gasteiger partial charge in [-0.25, -0.2) is 0 Å². The van der Waals surface area contributed by atoms with Crippen LogP contribution in [-0.2, 0) is 17.7 Å². The first-order valence-corrected chi connectivity index (χ1v) is 16.5. The lowest BCUT2D eigenvalue weighted by Crippen LogP contribution is -2.61. The first kappa shape index (κ1) is 29.8. The van der Waals surface area contributed by atoms with Gasteiger partial charge >= 0.3 is 17.1 Å². The molecule has 0 heterocycles. The van der Waals surface area contributed by atoms with Crippen LogP contribution in [-0.4, -0.2) is 43.5 Å². The fourth-order valence-corrected chi connectivity index (χ4v) is 14.9. The third-order valence-corrected chi connectivity index (χ3v) is 14.8. The first-order valence-electron chi connectivity index (χ1n) is 12.3. The Morgan fingerprint density at radius 2 is 0.900 bits per heavy atom. The van der Waals surface area contributed by atoms with Crippen LogP contribution in [0.2, 0.25) is 17.3 Å². The molecule has 0 saturated heterocycles. The molecule has 0 unspecified atom stereocenters. The number of rotatable bonds is 20. The van der Waals surface area contributed by atoms with Crippen LogP contribution < -0.4 is 0 Å². The molecule has 0 fully saturated rings. The van der Waals surface area contributed by atoms with Crippen molar-refractivity contribution < 1.29 is 17.7 Å². The Labute approximate surface area is 189 Å². The molecule has 0 radical (unpaired) electrons. The molecule has 0 aromatic rings. The molecule has 0 N–H and O–H groups in total. The largest absolute Gasteiger partial charge is 0.394 e. The maximum atomic E-state index is 6.76. The molecule has 0 bridgehead atoms. The SMILES string of the molecule is CC=CC[Si](OCCC)(OCCC)C(CCC)[Si](CC=CC)(OCCC)OCCC. The highest BCUT2D eigenvalue weighted by Crippen LogP contribution is 2.44. The molecule has 30 heavy (non-hydrogen) atoms. The molecule has 0 atom stereocenters. The smallest absolute Gasteiger partial charge is 0.347 e. The van der Waals surface area contributed by atoms with Gasteiger partial charge in [0.15, 0.2) is 0 Å². The van der Waals surface area contributed by atoms with Gasteiger partial charge in [-0.05, 0) is 46.0 Å². The Morgan fingerprint density at radius 3 is 1.13 bits per heavy atom. The van der Waals surface area contributed by atoms with Crippen LogP contribution in [0.4, 0.5) is 0 Å². The molecular weight excluding hydrogens is 408 g/mol. The van der Waals surface area contributed by atoms with Gasteiger partial charge in [0.1, 0.15) is 0 Å². The van der Waals surface area contributed by atoms with Crippen LogP contribution in [0, 0.1) is 0 Å². The molecule has 0 saturated carbocycles. The lowest BCUT2D eigenvalue weighted by Gasteiger charge is -2.45. The van der Waals surface area contributed by atoms with Crippen molar-refractivity contribution in [3.05, 3.63) is 24.3 Å². The summed E-state index contributed by atoms with van der Waals surface area (Å²) in [4.78, 5) is 0. The maximum Gasteiger partial charge on any atom is 0.347 e. The molecule has 4 nitrogen and oxygen atoms in total. The summed E-state index contributed by atoms with van der Waals surface area (Å²) >= 11 is 0. The zero-order valence-electron chi connectivity index (χ0n) is 21.0. The predicted octanol–water partition coefficient (Wildman–Crippen LogP) is 7.44. The van der Waals surface area contributed by atoms with E-state index in [9.17, 15) is 0 Å². The molecule has 0 aromatic carbocycles. The highest BCUT2D eigenvalue weighted by atomic mass is 28.4. The van der Waals surface area contributed by atoms with Crippen molar-refractivity contribution >= 4 is 17.1 Å². The van der Waals surface area contributed by atoms with E-state index in [0.29, 0.717) is 0 Å². The minimum absolute atomic E-state index is 0.235. The summed E-state index contributed by atoms with van der Waals surface area (Å²) in [5.41, 5.74) is 0. The Balaban J connectivity index is 6.52. The van der Waals surface area contributed by atoms with Crippen molar-refractivity contribution in [1.82, 2.24) is 0 Å². The van der Waals surface area contributed by atoms with Crippen LogP contribution in [0.15, 0.2) is 24.3 Å². The number of hydrogen-bond donors (Lipinski definition) is 0. The summed E-state index contributed by atoms with van der Waals surface area (Å²) in [5.74, 6) is 0. The summed E-state index contributed by atoms with van der Waals surface area (Å²) in [7, 11) is -5.21. The minimum Gasteiger partial charge on any atom is -0.394 e. The first-order chi connectivity index (χ1) is 14.6. The highest BCUT2D eigenvalue weighted by Gasteiger charge is 2.59. The topological polar surface area (TPSA) is 36.9 Å². The maximum absolute atomic E-state index is 6.76. The summed E-state index contributed by atoms with van der Waals surface area (Å²) in [5, 5.41) is 0.235. The average molecular weight is 459 g/mol. The van der Waals surface area contributed by atoms with E-state index in [-0.39, 0.29) is 5.16 Å². The normalized spacial score (nSPS) is 14.2. The number of hydrogen-bond acceptors (Lipinski definition) is 4. The third kappa shape index (κ3) is 9.92. The fraction of sp³-hybridized carbons (Fsp3) is 0.833. The van der Waals surface area contributed by atoms with E-state index in [1.54, 1.807) is 0 Å². The molecule has 0 aliphatic carbocycles. The Bertz CT molecular complexity index is 400. The molecule has 6 heteroatoms. The monoisotopic (exact) mass is 458 g/mol. The van der Waals surface area contributed by atoms with E-state index in [0.717, 1.165) is 77.0 Å². The van der Waals surface area contributed by atoms with Crippen molar-refractivity contribution in [1.29, 1.82) is 0 Å². The van der Waals surface area contributed by atoms with E-state index in [4.69, 9.17) is 17.7 Å². The van der Waals surface area contributed by atoms with Gasteiger partial charge in [0.2, 0.25) is 0 Å². The van der Waals surface area contributed by atoms with Crippen LogP contribution in [0.5, 0.6) is 0 Å². The fourth-order valence-electron chi connectivity index (χ4n) is 3.73. The lowest BCUT2D eigenvalue weighted by atomic mass is 10.4. The summed E-state index contributed by atoms with van der Waals surface area (Å²) in [6.45, 7) is 18.1. The molecule has 0 aliphatic heterocycles. The van der Waals surface area contributed by atoms with Gasteiger partial charge in [-0.3, -0.25) is 0 Å². The van der Waals surface area contributed by atoms with Crippen LogP contribution in [0.1, 0.15) is 87.0 Å².